The molecule has 0 saturated carbocycles. The Labute approximate surface area is 122 Å². The monoisotopic (exact) mass is 277 g/mol. The van der Waals surface area contributed by atoms with Gasteiger partial charge in [0.2, 0.25) is 0 Å². The summed E-state index contributed by atoms with van der Waals surface area (Å²) >= 11 is 0. The van der Waals surface area contributed by atoms with E-state index in [2.05, 4.69) is 29.0 Å². The summed E-state index contributed by atoms with van der Waals surface area (Å²) in [4.78, 5) is 7.05. The fourth-order valence-electron chi connectivity index (χ4n) is 2.67. The summed E-state index contributed by atoms with van der Waals surface area (Å²) in [5, 5.41) is 3.20. The highest BCUT2D eigenvalue weighted by Crippen LogP contribution is 2.27. The number of ether oxygens (including phenoxy) is 1. The molecule has 0 aliphatic carbocycles. The van der Waals surface area contributed by atoms with Crippen LogP contribution in [0.25, 0.3) is 0 Å². The molecule has 0 amide bonds. The van der Waals surface area contributed by atoms with Gasteiger partial charge in [-0.2, -0.15) is 0 Å². The smallest absolute Gasteiger partial charge is 0.126 e. The number of pyridine rings is 1. The van der Waals surface area contributed by atoms with E-state index in [-0.39, 0.29) is 6.10 Å². The number of hydrogen-bond acceptors (Lipinski definition) is 4. The summed E-state index contributed by atoms with van der Waals surface area (Å²) in [5.74, 6) is 1.03. The van der Waals surface area contributed by atoms with Crippen molar-refractivity contribution in [2.45, 2.75) is 45.8 Å². The van der Waals surface area contributed by atoms with E-state index >= 15 is 0 Å². The number of fused-ring (bicyclic) bond motifs is 1. The molecular formula is C16H27N3O. The number of unbranched alkanes of at least 4 members (excludes halogenated alkanes) is 1. The third kappa shape index (κ3) is 4.18. The largest absolute Gasteiger partial charge is 0.491 e. The minimum atomic E-state index is 0.223. The zero-order valence-corrected chi connectivity index (χ0v) is 13.0. The Hall–Kier alpha value is -1.13. The van der Waals surface area contributed by atoms with Gasteiger partial charge in [-0.1, -0.05) is 0 Å². The molecule has 0 bridgehead atoms. The molecule has 112 valence electrons. The third-order valence-electron chi connectivity index (χ3n) is 3.67. The van der Waals surface area contributed by atoms with Crippen LogP contribution in [-0.2, 0) is 13.0 Å². The molecular weight excluding hydrogens is 250 g/mol. The molecule has 0 saturated heterocycles. The zero-order valence-electron chi connectivity index (χ0n) is 13.0. The molecule has 1 N–H and O–H groups in total. The quantitative estimate of drug-likeness (QED) is 0.776. The lowest BCUT2D eigenvalue weighted by Gasteiger charge is -2.29. The minimum absolute atomic E-state index is 0.223. The molecule has 1 aromatic heterocycles. The maximum absolute atomic E-state index is 5.89. The van der Waals surface area contributed by atoms with Gasteiger partial charge in [0.25, 0.3) is 0 Å². The summed E-state index contributed by atoms with van der Waals surface area (Å²) in [6.45, 7) is 8.50. The van der Waals surface area contributed by atoms with E-state index in [1.807, 2.05) is 19.3 Å². The molecule has 1 aliphatic heterocycles. The molecule has 1 aromatic rings. The molecule has 0 unspecified atom stereocenters. The van der Waals surface area contributed by atoms with Gasteiger partial charge in [-0.15, -0.1) is 0 Å². The summed E-state index contributed by atoms with van der Waals surface area (Å²) in [5.41, 5.74) is 2.51. The average Bonchev–Trinajstić information content (AvgIpc) is 2.43. The highest BCUT2D eigenvalue weighted by atomic mass is 16.5. The van der Waals surface area contributed by atoms with E-state index in [9.17, 15) is 0 Å². The second-order valence-electron chi connectivity index (χ2n) is 5.74. The Kier molecular flexibility index (Phi) is 5.80. The Morgan fingerprint density at radius 3 is 3.00 bits per heavy atom. The normalized spacial score (nSPS) is 15.4. The molecule has 2 heterocycles. The van der Waals surface area contributed by atoms with E-state index in [1.165, 1.54) is 24.1 Å². The number of nitrogens with zero attached hydrogens (tertiary/aromatic N) is 2. The molecule has 0 spiro atoms. The number of hydrogen-bond donors (Lipinski definition) is 1. The second kappa shape index (κ2) is 7.60. The van der Waals surface area contributed by atoms with Gasteiger partial charge in [-0.25, -0.2) is 0 Å². The molecule has 2 rings (SSSR count). The Morgan fingerprint density at radius 1 is 1.40 bits per heavy atom. The summed E-state index contributed by atoms with van der Waals surface area (Å²) < 4.78 is 5.89. The van der Waals surface area contributed by atoms with Crippen LogP contribution in [0.4, 0.5) is 0 Å². The van der Waals surface area contributed by atoms with Gasteiger partial charge in [-0.3, -0.25) is 9.88 Å². The predicted octanol–water partition coefficient (Wildman–Crippen LogP) is 2.23. The molecule has 0 radical (unpaired) electrons. The topological polar surface area (TPSA) is 37.4 Å². The van der Waals surface area contributed by atoms with Crippen molar-refractivity contribution in [3.8, 4) is 5.75 Å². The Morgan fingerprint density at radius 2 is 2.25 bits per heavy atom. The summed E-state index contributed by atoms with van der Waals surface area (Å²) in [6, 6.07) is 2.00. The van der Waals surface area contributed by atoms with Gasteiger partial charge >= 0.3 is 0 Å². The van der Waals surface area contributed by atoms with Crippen molar-refractivity contribution in [1.82, 2.24) is 15.2 Å². The third-order valence-corrected chi connectivity index (χ3v) is 3.67. The van der Waals surface area contributed by atoms with Crippen LogP contribution in [-0.4, -0.2) is 42.7 Å². The lowest BCUT2D eigenvalue weighted by Crippen LogP contribution is -2.32. The standard InChI is InChI=1S/C16H27N3O/c1-13(2)20-16-6-9-18-15-12-19(11-7-14(15)16)10-5-4-8-17-3/h6,9,13,17H,4-5,7-8,10-12H2,1-3H3. The maximum atomic E-state index is 5.89. The zero-order chi connectivity index (χ0) is 14.4. The molecule has 4 heteroatoms. The number of aromatic nitrogens is 1. The molecule has 0 aromatic carbocycles. The Bertz CT molecular complexity index is 420. The van der Waals surface area contributed by atoms with E-state index in [0.29, 0.717) is 0 Å². The Balaban J connectivity index is 1.93. The van der Waals surface area contributed by atoms with Gasteiger partial charge in [0.1, 0.15) is 5.75 Å². The predicted molar refractivity (Wildman–Crippen MR) is 82.1 cm³/mol. The van der Waals surface area contributed by atoms with Crippen molar-refractivity contribution in [2.24, 2.45) is 0 Å². The van der Waals surface area contributed by atoms with E-state index < -0.39 is 0 Å². The van der Waals surface area contributed by atoms with Crippen molar-refractivity contribution >= 4 is 0 Å². The van der Waals surface area contributed by atoms with Gasteiger partial charge < -0.3 is 10.1 Å². The van der Waals surface area contributed by atoms with Crippen LogP contribution < -0.4 is 10.1 Å². The van der Waals surface area contributed by atoms with Crippen LogP contribution in [0.15, 0.2) is 12.3 Å². The van der Waals surface area contributed by atoms with Gasteiger partial charge in [0, 0.05) is 24.8 Å². The maximum Gasteiger partial charge on any atom is 0.126 e. The molecule has 4 nitrogen and oxygen atoms in total. The van der Waals surface area contributed by atoms with Crippen LogP contribution >= 0.6 is 0 Å². The first-order chi connectivity index (χ1) is 9.70. The van der Waals surface area contributed by atoms with Crippen molar-refractivity contribution in [3.63, 3.8) is 0 Å². The van der Waals surface area contributed by atoms with Crippen LogP contribution in [0, 0.1) is 0 Å². The first-order valence-corrected chi connectivity index (χ1v) is 7.71. The minimum Gasteiger partial charge on any atom is -0.491 e. The molecule has 0 atom stereocenters. The van der Waals surface area contributed by atoms with Crippen LogP contribution in [0.2, 0.25) is 0 Å². The lowest BCUT2D eigenvalue weighted by molar-refractivity contribution is 0.221. The average molecular weight is 277 g/mol. The van der Waals surface area contributed by atoms with Crippen molar-refractivity contribution in [3.05, 3.63) is 23.5 Å². The SMILES string of the molecule is CNCCCCN1CCc2c(OC(C)C)ccnc2C1. The number of nitrogens with one attached hydrogen (secondary N) is 1. The first-order valence-electron chi connectivity index (χ1n) is 7.71. The van der Waals surface area contributed by atoms with Crippen LogP contribution in [0.5, 0.6) is 5.75 Å². The second-order valence-corrected chi connectivity index (χ2v) is 5.74. The van der Waals surface area contributed by atoms with Gasteiger partial charge in [0.15, 0.2) is 0 Å². The lowest BCUT2D eigenvalue weighted by atomic mass is 10.0. The highest BCUT2D eigenvalue weighted by Gasteiger charge is 2.20. The van der Waals surface area contributed by atoms with Crippen molar-refractivity contribution < 1.29 is 4.74 Å². The van der Waals surface area contributed by atoms with Crippen molar-refractivity contribution in [1.29, 1.82) is 0 Å². The molecule has 0 fully saturated rings. The summed E-state index contributed by atoms with van der Waals surface area (Å²) in [6.07, 6.45) is 5.64. The molecule has 20 heavy (non-hydrogen) atoms. The van der Waals surface area contributed by atoms with Gasteiger partial charge in [-0.05, 0) is 59.3 Å². The fourth-order valence-corrected chi connectivity index (χ4v) is 2.67. The highest BCUT2D eigenvalue weighted by molar-refractivity contribution is 5.37. The van der Waals surface area contributed by atoms with Crippen LogP contribution in [0.3, 0.4) is 0 Å². The van der Waals surface area contributed by atoms with Gasteiger partial charge in [0.05, 0.1) is 11.8 Å². The summed E-state index contributed by atoms with van der Waals surface area (Å²) in [7, 11) is 2.01. The van der Waals surface area contributed by atoms with E-state index in [0.717, 1.165) is 38.3 Å². The van der Waals surface area contributed by atoms with E-state index in [4.69, 9.17) is 4.74 Å². The number of rotatable bonds is 7. The van der Waals surface area contributed by atoms with E-state index in [1.54, 1.807) is 0 Å². The van der Waals surface area contributed by atoms with Crippen molar-refractivity contribution in [2.75, 3.05) is 26.7 Å². The first kappa shape index (κ1) is 15.3. The molecule has 1 aliphatic rings. The fraction of sp³-hybridized carbons (Fsp3) is 0.688. The van der Waals surface area contributed by atoms with Crippen LogP contribution in [0.1, 0.15) is 37.9 Å².